The van der Waals surface area contributed by atoms with Crippen molar-refractivity contribution < 1.29 is 23.9 Å². The van der Waals surface area contributed by atoms with Crippen LogP contribution in [0.15, 0.2) is 249 Å². The summed E-state index contributed by atoms with van der Waals surface area (Å²) < 4.78 is 5.30. The van der Waals surface area contributed by atoms with Crippen molar-refractivity contribution in [2.45, 2.75) is 178 Å². The number of hydrogen-bond donors (Lipinski definition) is 7. The zero-order valence-corrected chi connectivity index (χ0v) is 85.2. The maximum atomic E-state index is 12.1. The Morgan fingerprint density at radius 1 is 0.320 bits per heavy atom. The smallest absolute Gasteiger partial charge is 0.315 e. The predicted molar refractivity (Wildman–Crippen MR) is 555 cm³/mol. The molecule has 6 heterocycles. The number of hydrogen-bond acceptors (Lipinski definition) is 24. The van der Waals surface area contributed by atoms with Crippen molar-refractivity contribution in [2.24, 2.45) is 35.5 Å². The molecule has 0 aliphatic heterocycles. The van der Waals surface area contributed by atoms with E-state index in [1.165, 1.54) is 34.4 Å². The Hall–Kier alpha value is -5.91. The van der Waals surface area contributed by atoms with Gasteiger partial charge in [-0.15, -0.1) is 0 Å². The van der Waals surface area contributed by atoms with Gasteiger partial charge in [0.25, 0.3) is 5.91 Å². The van der Waals surface area contributed by atoms with Crippen LogP contribution in [0, 0.1) is 35.5 Å². The van der Waals surface area contributed by atoms with E-state index in [0.717, 1.165) is 134 Å². The van der Waals surface area contributed by atoms with Crippen LogP contribution in [-0.2, 0) is 46.7 Å². The summed E-state index contributed by atoms with van der Waals surface area (Å²) in [5, 5.41) is 27.8. The molecule has 7 N–H and O–H groups in total. The molecule has 9 rings (SSSR count). The van der Waals surface area contributed by atoms with Crippen LogP contribution in [-0.4, -0.2) is 139 Å². The van der Waals surface area contributed by atoms with E-state index in [-0.39, 0.29) is 30.4 Å². The molecule has 0 unspecified atom stereocenters. The van der Waals surface area contributed by atoms with Gasteiger partial charge >= 0.3 is 6.03 Å². The van der Waals surface area contributed by atoms with Crippen molar-refractivity contribution in [3.63, 3.8) is 0 Å². The fourth-order valence-corrected chi connectivity index (χ4v) is 21.3. The number of rotatable bonds is 50. The van der Waals surface area contributed by atoms with Crippen LogP contribution in [0.4, 0.5) is 4.79 Å². The molecule has 31 heteroatoms. The lowest BCUT2D eigenvalue weighted by atomic mass is 10.0. The lowest BCUT2D eigenvalue weighted by Crippen LogP contribution is -2.36. The first kappa shape index (κ1) is 111. The molecule has 0 aliphatic rings. The van der Waals surface area contributed by atoms with Gasteiger partial charge in [0, 0.05) is 136 Å². The van der Waals surface area contributed by atoms with Crippen LogP contribution in [0.3, 0.4) is 0 Å². The van der Waals surface area contributed by atoms with Gasteiger partial charge in [0.2, 0.25) is 11.8 Å². The molecule has 0 bridgehead atoms. The van der Waals surface area contributed by atoms with E-state index in [9.17, 15) is 19.2 Å². The Morgan fingerprint density at radius 3 is 0.976 bits per heavy atom. The molecular formula is C94H131N13O5S13. The van der Waals surface area contributed by atoms with Gasteiger partial charge in [0.15, 0.2) is 5.11 Å². The van der Waals surface area contributed by atoms with Crippen LogP contribution in [0.25, 0.3) is 0 Å². The Labute approximate surface area is 800 Å². The molecule has 0 spiro atoms. The number of amides is 5. The van der Waals surface area contributed by atoms with Crippen molar-refractivity contribution in [1.82, 2.24) is 67.1 Å². The maximum Gasteiger partial charge on any atom is 0.315 e. The van der Waals surface area contributed by atoms with E-state index in [1.807, 2.05) is 157 Å². The fraction of sp³-hybridized carbons (Fsp3) is 0.436. The normalized spacial score (nSPS) is 10.7. The van der Waals surface area contributed by atoms with E-state index in [4.69, 9.17) is 17.0 Å². The Kier molecular flexibility index (Phi) is 65.8. The maximum absolute atomic E-state index is 12.1. The number of urea groups is 1. The van der Waals surface area contributed by atoms with Crippen molar-refractivity contribution in [3.8, 4) is 0 Å². The van der Waals surface area contributed by atoms with Crippen LogP contribution in [0.2, 0.25) is 0 Å². The summed E-state index contributed by atoms with van der Waals surface area (Å²) in [6.07, 6.45) is 19.1. The summed E-state index contributed by atoms with van der Waals surface area (Å²) in [6.45, 7) is 32.1. The molecule has 5 amide bonds. The number of carbonyl (C=O) groups excluding carboxylic acids is 4. The summed E-state index contributed by atoms with van der Waals surface area (Å²) in [7, 11) is 20.4. The molecule has 0 radical (unpaired) electrons. The number of thiocarbonyl (C=S) groups is 1. The lowest BCUT2D eigenvalue weighted by molar-refractivity contribution is -0.125. The zero-order valence-electron chi connectivity index (χ0n) is 74.5. The number of nitrogens with zero attached hydrogens (tertiary/aromatic N) is 6. The fourth-order valence-electron chi connectivity index (χ4n) is 10.0. The van der Waals surface area contributed by atoms with Gasteiger partial charge in [0.05, 0.1) is 0 Å². The van der Waals surface area contributed by atoms with Crippen molar-refractivity contribution >= 4 is 171 Å². The van der Waals surface area contributed by atoms with Gasteiger partial charge < -0.3 is 42.0 Å². The second-order valence-corrected chi connectivity index (χ2v) is 45.5. The summed E-state index contributed by atoms with van der Waals surface area (Å²) in [4.78, 5) is 72.3. The summed E-state index contributed by atoms with van der Waals surface area (Å²) in [6, 6.07) is 60.4. The molecule has 0 fully saturated rings. The molecule has 6 aromatic heterocycles. The number of aromatic nitrogens is 6. The van der Waals surface area contributed by atoms with Gasteiger partial charge in [-0.05, 0) is 264 Å². The molecule has 125 heavy (non-hydrogen) atoms. The minimum Gasteiger partial charge on any atom is -0.372 e. The molecule has 3 aromatic carbocycles. The third-order valence-electron chi connectivity index (χ3n) is 16.3. The Morgan fingerprint density at radius 2 is 0.632 bits per heavy atom. The largest absolute Gasteiger partial charge is 0.372 e. The lowest BCUT2D eigenvalue weighted by Gasteiger charge is -2.11. The Balaban J connectivity index is 0.000000318. The first-order chi connectivity index (χ1) is 60.6. The third kappa shape index (κ3) is 63.7. The predicted octanol–water partition coefficient (Wildman–Crippen LogP) is 24.3. The number of pyridine rings is 6. The van der Waals surface area contributed by atoms with Crippen LogP contribution < -0.4 is 37.2 Å². The van der Waals surface area contributed by atoms with E-state index >= 15 is 0 Å². The SMILES string of the molecule is CC(C)CCCC(=O)NCCSSc1ccccn1.CC(C)CCOCC(=O)NCCSSc1ccccn1.CC(C)CCSSc1ccccn1.CC(C)Cc1ccc(C(=O)NCCSSc2ccccn2)cc1.CC(C)Cc1ccc(CNC(=O)NCCSSc2ccccn2)cc1.CC(C)Cc1ccc(CNC(=S)NCCSSc2ccccn2)cc1. The minimum atomic E-state index is -0.130. The molecular weight excluding hydrogens is 1810 g/mol. The first-order valence-corrected chi connectivity index (χ1v) is 56.8. The highest BCUT2D eigenvalue weighted by Crippen LogP contribution is 2.33. The van der Waals surface area contributed by atoms with E-state index in [1.54, 1.807) is 144 Å². The molecule has 18 nitrogen and oxygen atoms in total. The minimum absolute atomic E-state index is 0.00969. The number of benzene rings is 3. The van der Waals surface area contributed by atoms with E-state index in [2.05, 4.69) is 199 Å². The average molecular weight is 1940 g/mol. The van der Waals surface area contributed by atoms with Gasteiger partial charge in [-0.25, -0.2) is 34.7 Å². The van der Waals surface area contributed by atoms with E-state index in [0.29, 0.717) is 73.9 Å². The van der Waals surface area contributed by atoms with Gasteiger partial charge in [0.1, 0.15) is 36.8 Å². The van der Waals surface area contributed by atoms with Crippen molar-refractivity contribution in [1.29, 1.82) is 0 Å². The highest BCUT2D eigenvalue weighted by Gasteiger charge is 2.11. The van der Waals surface area contributed by atoms with Crippen LogP contribution in [0.5, 0.6) is 0 Å². The van der Waals surface area contributed by atoms with Gasteiger partial charge in [-0.1, -0.05) is 251 Å². The number of carbonyl (C=O) groups is 4. The van der Waals surface area contributed by atoms with Crippen LogP contribution >= 0.6 is 142 Å². The zero-order chi connectivity index (χ0) is 90.4. The highest BCUT2D eigenvalue weighted by molar-refractivity contribution is 8.78. The van der Waals surface area contributed by atoms with Gasteiger partial charge in [-0.2, -0.15) is 0 Å². The second-order valence-electron chi connectivity index (χ2n) is 30.4. The molecule has 9 aromatic rings. The molecule has 680 valence electrons. The van der Waals surface area contributed by atoms with E-state index < -0.39 is 0 Å². The summed E-state index contributed by atoms with van der Waals surface area (Å²) in [5.41, 5.74) is 7.09. The van der Waals surface area contributed by atoms with Crippen molar-refractivity contribution in [3.05, 3.63) is 253 Å². The molecule has 0 atom stereocenters. The second kappa shape index (κ2) is 73.8. The monoisotopic (exact) mass is 1940 g/mol. The van der Waals surface area contributed by atoms with Gasteiger partial charge in [-0.3, -0.25) is 14.4 Å². The number of nitrogens with one attached hydrogen (secondary N) is 7. The molecule has 0 saturated carbocycles. The highest BCUT2D eigenvalue weighted by atomic mass is 33.1. The number of ether oxygens (including phenoxy) is 1. The summed E-state index contributed by atoms with van der Waals surface area (Å²) in [5.74, 6) is 9.78. The molecule has 0 saturated heterocycles. The third-order valence-corrected chi connectivity index (χ3v) is 30.2. The Bertz CT molecular complexity index is 4070. The summed E-state index contributed by atoms with van der Waals surface area (Å²) >= 11 is 5.33. The quantitative estimate of drug-likeness (QED) is 0.0107. The standard InChI is InChI=1S/C19H25N3OS2.C19H25N3S3.C18H22N2OS2.C14H22N2O2S2.C14H22N2OS2.C10H15NS2/c2*1-15(2)13-16-6-8-17(9-7-16)14-22-19(23)21-11-12-24-25-18-5-3-4-10-20-18;1-14(2)13-15-6-8-16(9-7-15)18(21)20-11-12-22-23-17-5-3-4-10-19-17;1-12(2)6-9-18-11-13(17)15-8-10-19-20-14-5-3-4-7-16-14;1-12(2)6-5-7-13(17)15-10-11-18-19-14-8-3-4-9-16-14;1-9(2)6-8-12-13-10-5-3-4-7-11-10/h2*3-10,15H,11-14H2,1-2H3,(H2,21,22,23);3-10,14H,11-13H2,1-2H3,(H,20,21);3-5,7,12H,6,8-11H2,1-2H3,(H,15,17);3-4,8-9,12H,5-7,10-11H2,1-2H3,(H,15,17);3-5,7,9H,6,8H2,1-2H3. The first-order valence-electron chi connectivity index (χ1n) is 42.5. The van der Waals surface area contributed by atoms with Crippen molar-refractivity contribution in [2.75, 3.05) is 80.5 Å². The molecule has 0 aliphatic carbocycles. The van der Waals surface area contributed by atoms with Crippen LogP contribution in [0.1, 0.15) is 153 Å². The average Bonchev–Trinajstić information content (AvgIpc) is 0.889. The topological polar surface area (TPSA) is 239 Å².